The van der Waals surface area contributed by atoms with E-state index in [1.54, 1.807) is 0 Å². The quantitative estimate of drug-likeness (QED) is 0.651. The summed E-state index contributed by atoms with van der Waals surface area (Å²) in [7, 11) is 0. The van der Waals surface area contributed by atoms with Gasteiger partial charge in [-0.15, -0.1) is 0 Å². The van der Waals surface area contributed by atoms with E-state index in [2.05, 4.69) is 0 Å². The van der Waals surface area contributed by atoms with Gasteiger partial charge in [0.25, 0.3) is 0 Å². The molecule has 1 heterocycles. The fourth-order valence-corrected chi connectivity index (χ4v) is 2.42. The average Bonchev–Trinajstić information content (AvgIpc) is 2.68. The molecule has 0 N–H and O–H groups in total. The monoisotopic (exact) mass is 225 g/mol. The van der Waals surface area contributed by atoms with Crippen LogP contribution >= 0.6 is 0 Å². The molecule has 16 heavy (non-hydrogen) atoms. The highest BCUT2D eigenvalue weighted by Crippen LogP contribution is 2.37. The van der Waals surface area contributed by atoms with Crippen LogP contribution in [0.1, 0.15) is 26.2 Å². The van der Waals surface area contributed by atoms with Crippen LogP contribution in [-0.2, 0) is 14.3 Å². The molecule has 5 nitrogen and oxygen atoms in total. The Hall–Kier alpha value is -1.39. The van der Waals surface area contributed by atoms with Crippen LogP contribution in [0.5, 0.6) is 0 Å². The maximum absolute atomic E-state index is 11.5. The molecule has 1 aliphatic carbocycles. The van der Waals surface area contributed by atoms with Gasteiger partial charge in [-0.05, 0) is 6.42 Å². The van der Waals surface area contributed by atoms with Crippen LogP contribution < -0.4 is 0 Å². The number of carbonyl (C=O) groups is 3. The van der Waals surface area contributed by atoms with Gasteiger partial charge in [-0.1, -0.05) is 6.92 Å². The molecule has 0 spiro atoms. The van der Waals surface area contributed by atoms with Crippen molar-refractivity contribution in [1.29, 1.82) is 0 Å². The number of carbonyl (C=O) groups excluding carboxylic acids is 3. The second-order valence-corrected chi connectivity index (χ2v) is 4.69. The van der Waals surface area contributed by atoms with Crippen LogP contribution in [0.15, 0.2) is 0 Å². The second kappa shape index (κ2) is 3.88. The summed E-state index contributed by atoms with van der Waals surface area (Å²) in [5.41, 5.74) is -0.614. The summed E-state index contributed by atoms with van der Waals surface area (Å²) < 4.78 is 4.85. The lowest BCUT2D eigenvalue weighted by molar-refractivity contribution is -0.129. The first-order valence-electron chi connectivity index (χ1n) is 5.48. The Kier molecular flexibility index (Phi) is 2.69. The number of cyclic esters (lactones) is 1. The summed E-state index contributed by atoms with van der Waals surface area (Å²) in [6.45, 7) is 2.63. The van der Waals surface area contributed by atoms with Crippen LogP contribution in [-0.4, -0.2) is 42.3 Å². The molecule has 2 atom stereocenters. The lowest BCUT2D eigenvalue weighted by Gasteiger charge is -2.40. The minimum Gasteiger partial charge on any atom is -0.448 e. The Morgan fingerprint density at radius 2 is 2.25 bits per heavy atom. The van der Waals surface area contributed by atoms with Crippen molar-refractivity contribution in [1.82, 2.24) is 4.90 Å². The Morgan fingerprint density at radius 1 is 1.50 bits per heavy atom. The molecule has 0 aromatic carbocycles. The predicted octanol–water partition coefficient (Wildman–Crippen LogP) is 0.765. The van der Waals surface area contributed by atoms with Gasteiger partial charge in [0.1, 0.15) is 18.7 Å². The van der Waals surface area contributed by atoms with E-state index in [1.165, 1.54) is 4.90 Å². The Labute approximate surface area is 93.7 Å². The van der Waals surface area contributed by atoms with Crippen molar-refractivity contribution in [3.05, 3.63) is 0 Å². The molecule has 1 aliphatic heterocycles. The molecule has 0 radical (unpaired) electrons. The smallest absolute Gasteiger partial charge is 0.410 e. The molecule has 0 bridgehead atoms. The van der Waals surface area contributed by atoms with E-state index >= 15 is 0 Å². The summed E-state index contributed by atoms with van der Waals surface area (Å²) in [6.07, 6.45) is 1.67. The summed E-state index contributed by atoms with van der Waals surface area (Å²) in [5.74, 6) is 0.115. The molecule has 1 amide bonds. The third-order valence-corrected chi connectivity index (χ3v) is 3.56. The predicted molar refractivity (Wildman–Crippen MR) is 54.9 cm³/mol. The molecule has 88 valence electrons. The van der Waals surface area contributed by atoms with E-state index in [0.29, 0.717) is 26.0 Å². The van der Waals surface area contributed by atoms with Gasteiger partial charge in [0.2, 0.25) is 0 Å². The normalized spacial score (nSPS) is 35.1. The summed E-state index contributed by atoms with van der Waals surface area (Å²) in [6, 6.07) is -0.332. The van der Waals surface area contributed by atoms with Crippen molar-refractivity contribution >= 4 is 18.2 Å². The van der Waals surface area contributed by atoms with Crippen molar-refractivity contribution in [3.63, 3.8) is 0 Å². The zero-order valence-electron chi connectivity index (χ0n) is 9.27. The zero-order chi connectivity index (χ0) is 11.8. The molecular formula is C11H15NO4. The van der Waals surface area contributed by atoms with Crippen molar-refractivity contribution in [2.45, 2.75) is 32.2 Å². The third kappa shape index (κ3) is 1.70. The van der Waals surface area contributed by atoms with Gasteiger partial charge in [0.05, 0.1) is 12.6 Å². The van der Waals surface area contributed by atoms with Gasteiger partial charge in [-0.2, -0.15) is 0 Å². The average molecular weight is 225 g/mol. The van der Waals surface area contributed by atoms with Crippen LogP contribution in [0.3, 0.4) is 0 Å². The SMILES string of the molecule is C[C@@]1(C=O)CCC(=O)C[C@@H]1N1CCOC1=O. The number of Topliss-reactive ketones (excluding diaryl/α,β-unsaturated/α-hetero) is 1. The van der Waals surface area contributed by atoms with Gasteiger partial charge in [-0.3, -0.25) is 4.79 Å². The van der Waals surface area contributed by atoms with E-state index in [-0.39, 0.29) is 18.2 Å². The van der Waals surface area contributed by atoms with Gasteiger partial charge in [0.15, 0.2) is 0 Å². The zero-order valence-corrected chi connectivity index (χ0v) is 9.27. The maximum Gasteiger partial charge on any atom is 0.410 e. The van der Waals surface area contributed by atoms with Crippen molar-refractivity contribution in [3.8, 4) is 0 Å². The van der Waals surface area contributed by atoms with Crippen molar-refractivity contribution in [2.24, 2.45) is 5.41 Å². The van der Waals surface area contributed by atoms with Crippen molar-refractivity contribution in [2.75, 3.05) is 13.2 Å². The topological polar surface area (TPSA) is 63.7 Å². The van der Waals surface area contributed by atoms with Gasteiger partial charge >= 0.3 is 6.09 Å². The van der Waals surface area contributed by atoms with Crippen LogP contribution in [0.2, 0.25) is 0 Å². The molecular weight excluding hydrogens is 210 g/mol. The molecule has 2 aliphatic rings. The number of ketones is 1. The number of hydrogen-bond acceptors (Lipinski definition) is 4. The fourth-order valence-electron chi connectivity index (χ4n) is 2.42. The van der Waals surface area contributed by atoms with Crippen LogP contribution in [0.4, 0.5) is 4.79 Å². The van der Waals surface area contributed by atoms with Gasteiger partial charge in [0, 0.05) is 18.3 Å². The van der Waals surface area contributed by atoms with Crippen molar-refractivity contribution < 1.29 is 19.1 Å². The van der Waals surface area contributed by atoms with E-state index in [1.807, 2.05) is 6.92 Å². The van der Waals surface area contributed by atoms with E-state index in [0.717, 1.165) is 6.29 Å². The largest absolute Gasteiger partial charge is 0.448 e. The number of hydrogen-bond donors (Lipinski definition) is 0. The minimum atomic E-state index is -0.614. The molecule has 0 aromatic rings. The minimum absolute atomic E-state index is 0.115. The molecule has 2 fully saturated rings. The highest BCUT2D eigenvalue weighted by Gasteiger charge is 2.46. The van der Waals surface area contributed by atoms with Gasteiger partial charge < -0.3 is 14.4 Å². The second-order valence-electron chi connectivity index (χ2n) is 4.69. The molecule has 1 saturated carbocycles. The molecule has 5 heteroatoms. The molecule has 2 rings (SSSR count). The third-order valence-electron chi connectivity index (χ3n) is 3.56. The first kappa shape index (κ1) is 11.1. The summed E-state index contributed by atoms with van der Waals surface area (Å²) in [5, 5.41) is 0. The number of nitrogens with zero attached hydrogens (tertiary/aromatic N) is 1. The molecule has 1 saturated heterocycles. The number of ether oxygens (including phenoxy) is 1. The van der Waals surface area contributed by atoms with E-state index in [4.69, 9.17) is 4.74 Å². The van der Waals surface area contributed by atoms with Crippen LogP contribution in [0, 0.1) is 5.41 Å². The van der Waals surface area contributed by atoms with E-state index in [9.17, 15) is 14.4 Å². The van der Waals surface area contributed by atoms with Crippen LogP contribution in [0.25, 0.3) is 0 Å². The number of aldehydes is 1. The number of rotatable bonds is 2. The maximum atomic E-state index is 11.5. The first-order chi connectivity index (χ1) is 7.57. The standard InChI is InChI=1S/C11H15NO4/c1-11(7-13)3-2-8(14)6-9(11)12-4-5-16-10(12)15/h7,9H,2-6H2,1H3/t9-,11-/m0/s1. The Balaban J connectivity index is 2.23. The van der Waals surface area contributed by atoms with Gasteiger partial charge in [-0.25, -0.2) is 4.79 Å². The Bertz CT molecular complexity index is 341. The van der Waals surface area contributed by atoms with E-state index < -0.39 is 11.5 Å². The lowest BCUT2D eigenvalue weighted by Crippen LogP contribution is -2.51. The number of amides is 1. The molecule has 0 unspecified atom stereocenters. The molecule has 0 aromatic heterocycles. The summed E-state index contributed by atoms with van der Waals surface area (Å²) >= 11 is 0. The Morgan fingerprint density at radius 3 is 2.81 bits per heavy atom. The fraction of sp³-hybridized carbons (Fsp3) is 0.727. The summed E-state index contributed by atoms with van der Waals surface area (Å²) in [4.78, 5) is 35.6. The first-order valence-corrected chi connectivity index (χ1v) is 5.48. The highest BCUT2D eigenvalue weighted by atomic mass is 16.6. The lowest BCUT2D eigenvalue weighted by atomic mass is 9.71. The highest BCUT2D eigenvalue weighted by molar-refractivity contribution is 5.83.